The second-order valence-electron chi connectivity index (χ2n) is 6.67. The van der Waals surface area contributed by atoms with Crippen molar-refractivity contribution in [3.8, 4) is 5.75 Å². The number of pyridine rings is 1. The molecule has 6 nitrogen and oxygen atoms in total. The standard InChI is InChI=1S/C22H15N3O3S3/c26-17-11-10-15(13-19(17)30-22-24-16-7-1-2-8-18(16)29-22)25-31(27,28)20-9-3-5-14-6-4-12-23-21(14)20/h1-13,25-26H. The average molecular weight is 466 g/mol. The number of sulfonamides is 1. The van der Waals surface area contributed by atoms with Crippen LogP contribution in [0.5, 0.6) is 5.75 Å². The molecule has 0 fully saturated rings. The van der Waals surface area contributed by atoms with E-state index in [9.17, 15) is 13.5 Å². The first-order valence-electron chi connectivity index (χ1n) is 9.23. The van der Waals surface area contributed by atoms with Crippen molar-refractivity contribution in [2.24, 2.45) is 0 Å². The molecule has 0 spiro atoms. The molecule has 0 bridgehead atoms. The van der Waals surface area contributed by atoms with Crippen LogP contribution < -0.4 is 4.72 Å². The summed E-state index contributed by atoms with van der Waals surface area (Å²) in [5.41, 5.74) is 1.63. The molecule has 31 heavy (non-hydrogen) atoms. The number of phenols is 1. The molecule has 0 radical (unpaired) electrons. The van der Waals surface area contributed by atoms with E-state index < -0.39 is 10.0 Å². The zero-order valence-electron chi connectivity index (χ0n) is 15.9. The maximum Gasteiger partial charge on any atom is 0.264 e. The molecule has 9 heteroatoms. The van der Waals surface area contributed by atoms with Crippen LogP contribution >= 0.6 is 23.1 Å². The molecule has 2 aromatic heterocycles. The summed E-state index contributed by atoms with van der Waals surface area (Å²) >= 11 is 2.80. The molecule has 0 aliphatic carbocycles. The summed E-state index contributed by atoms with van der Waals surface area (Å²) in [6, 6.07) is 21.0. The molecule has 0 atom stereocenters. The van der Waals surface area contributed by atoms with Crippen LogP contribution in [0.3, 0.4) is 0 Å². The number of benzene rings is 3. The Morgan fingerprint density at radius 1 is 0.968 bits per heavy atom. The van der Waals surface area contributed by atoms with Gasteiger partial charge in [0, 0.05) is 11.6 Å². The number of phenolic OH excluding ortho intramolecular Hbond substituents is 1. The molecule has 0 amide bonds. The van der Waals surface area contributed by atoms with Crippen LogP contribution in [0.1, 0.15) is 0 Å². The molecule has 0 unspecified atom stereocenters. The fourth-order valence-corrected chi connectivity index (χ4v) is 6.47. The number of thiazole rings is 1. The number of fused-ring (bicyclic) bond motifs is 2. The third-order valence-corrected chi connectivity index (χ3v) is 8.13. The van der Waals surface area contributed by atoms with Crippen molar-refractivity contribution in [1.29, 1.82) is 0 Å². The van der Waals surface area contributed by atoms with Gasteiger partial charge < -0.3 is 5.11 Å². The van der Waals surface area contributed by atoms with Crippen LogP contribution in [0.25, 0.3) is 21.1 Å². The number of hydrogen-bond donors (Lipinski definition) is 2. The highest BCUT2D eigenvalue weighted by molar-refractivity contribution is 8.01. The number of aromatic hydroxyl groups is 1. The summed E-state index contributed by atoms with van der Waals surface area (Å²) in [7, 11) is -3.88. The van der Waals surface area contributed by atoms with Gasteiger partial charge >= 0.3 is 0 Å². The van der Waals surface area contributed by atoms with Crippen molar-refractivity contribution >= 4 is 59.9 Å². The molecule has 5 rings (SSSR count). The number of anilines is 1. The van der Waals surface area contributed by atoms with Gasteiger partial charge in [-0.25, -0.2) is 13.4 Å². The topological polar surface area (TPSA) is 92.2 Å². The maximum atomic E-state index is 13.1. The van der Waals surface area contributed by atoms with Crippen LogP contribution in [-0.2, 0) is 10.0 Å². The first kappa shape index (κ1) is 19.8. The summed E-state index contributed by atoms with van der Waals surface area (Å²) in [5, 5.41) is 11.0. The molecule has 0 aliphatic heterocycles. The first-order chi connectivity index (χ1) is 15.0. The predicted molar refractivity (Wildman–Crippen MR) is 124 cm³/mol. The Hall–Kier alpha value is -3.14. The molecule has 0 saturated carbocycles. The summed E-state index contributed by atoms with van der Waals surface area (Å²) in [5.74, 6) is 0.0547. The van der Waals surface area contributed by atoms with E-state index in [4.69, 9.17) is 0 Å². The highest BCUT2D eigenvalue weighted by Gasteiger charge is 2.19. The van der Waals surface area contributed by atoms with Gasteiger partial charge in [0.1, 0.15) is 10.6 Å². The minimum Gasteiger partial charge on any atom is -0.507 e. The minimum atomic E-state index is -3.88. The van der Waals surface area contributed by atoms with Crippen molar-refractivity contribution in [3.05, 3.63) is 79.0 Å². The number of nitrogens with one attached hydrogen (secondary N) is 1. The third kappa shape index (κ3) is 3.95. The largest absolute Gasteiger partial charge is 0.507 e. The Balaban J connectivity index is 1.47. The average Bonchev–Trinajstić information content (AvgIpc) is 3.18. The van der Waals surface area contributed by atoms with Gasteiger partial charge in [-0.05, 0) is 42.5 Å². The van der Waals surface area contributed by atoms with Gasteiger partial charge in [-0.1, -0.05) is 42.1 Å². The summed E-state index contributed by atoms with van der Waals surface area (Å²) in [6.45, 7) is 0. The molecule has 5 aromatic rings. The Bertz CT molecular complexity index is 1490. The lowest BCUT2D eigenvalue weighted by Crippen LogP contribution is -2.13. The van der Waals surface area contributed by atoms with Crippen molar-refractivity contribution in [2.75, 3.05) is 4.72 Å². The zero-order chi connectivity index (χ0) is 21.4. The zero-order valence-corrected chi connectivity index (χ0v) is 18.3. The number of aromatic nitrogens is 2. The van der Waals surface area contributed by atoms with Crippen LogP contribution in [-0.4, -0.2) is 23.5 Å². The van der Waals surface area contributed by atoms with Crippen molar-refractivity contribution < 1.29 is 13.5 Å². The smallest absolute Gasteiger partial charge is 0.264 e. The van der Waals surface area contributed by atoms with E-state index >= 15 is 0 Å². The van der Waals surface area contributed by atoms with Crippen LogP contribution in [0.4, 0.5) is 5.69 Å². The first-order valence-corrected chi connectivity index (χ1v) is 12.3. The van der Waals surface area contributed by atoms with E-state index in [1.807, 2.05) is 36.4 Å². The molecule has 154 valence electrons. The van der Waals surface area contributed by atoms with Crippen LogP contribution in [0.15, 0.2) is 93.1 Å². The summed E-state index contributed by atoms with van der Waals surface area (Å²) in [6.07, 6.45) is 1.56. The van der Waals surface area contributed by atoms with Gasteiger partial charge in [0.2, 0.25) is 0 Å². The molecular weight excluding hydrogens is 450 g/mol. The van der Waals surface area contributed by atoms with Crippen molar-refractivity contribution in [3.63, 3.8) is 0 Å². The monoisotopic (exact) mass is 465 g/mol. The van der Waals surface area contributed by atoms with Crippen LogP contribution in [0.2, 0.25) is 0 Å². The third-order valence-electron chi connectivity index (χ3n) is 4.57. The normalized spacial score (nSPS) is 11.7. The number of rotatable bonds is 5. The van der Waals surface area contributed by atoms with Crippen molar-refractivity contribution in [1.82, 2.24) is 9.97 Å². The predicted octanol–water partition coefficient (Wildman–Crippen LogP) is 5.50. The fraction of sp³-hybridized carbons (Fsp3) is 0. The second-order valence-corrected chi connectivity index (χ2v) is 10.6. The van der Waals surface area contributed by atoms with Gasteiger partial charge in [0.15, 0.2) is 4.34 Å². The summed E-state index contributed by atoms with van der Waals surface area (Å²) < 4.78 is 30.5. The lowest BCUT2D eigenvalue weighted by Gasteiger charge is -2.11. The number of para-hydroxylation sites is 2. The van der Waals surface area contributed by atoms with E-state index in [0.717, 1.165) is 19.9 Å². The quantitative estimate of drug-likeness (QED) is 0.333. The van der Waals surface area contributed by atoms with Gasteiger partial charge in [-0.3, -0.25) is 9.71 Å². The molecule has 2 N–H and O–H groups in total. The lowest BCUT2D eigenvalue weighted by molar-refractivity contribution is 0.462. The minimum absolute atomic E-state index is 0.0547. The second kappa shape index (κ2) is 7.84. The van der Waals surface area contributed by atoms with Crippen molar-refractivity contribution in [2.45, 2.75) is 14.1 Å². The van der Waals surface area contributed by atoms with Gasteiger partial charge in [-0.15, -0.1) is 11.3 Å². The maximum absolute atomic E-state index is 13.1. The molecular formula is C22H15N3O3S3. The molecule has 0 aliphatic rings. The van der Waals surface area contributed by atoms with Gasteiger partial charge in [0.25, 0.3) is 10.0 Å². The van der Waals surface area contributed by atoms with E-state index in [0.29, 0.717) is 16.1 Å². The Kier molecular flexibility index (Phi) is 5.01. The lowest BCUT2D eigenvalue weighted by atomic mass is 10.2. The van der Waals surface area contributed by atoms with E-state index in [-0.39, 0.29) is 10.6 Å². The van der Waals surface area contributed by atoms with E-state index in [2.05, 4.69) is 14.7 Å². The number of nitrogens with zero attached hydrogens (tertiary/aromatic N) is 2. The Morgan fingerprint density at radius 3 is 2.68 bits per heavy atom. The fourth-order valence-electron chi connectivity index (χ4n) is 3.15. The summed E-state index contributed by atoms with van der Waals surface area (Å²) in [4.78, 5) is 9.39. The molecule has 2 heterocycles. The SMILES string of the molecule is O=S(=O)(Nc1ccc(O)c(Sc2nc3ccccc3s2)c1)c1cccc2cccnc12. The van der Waals surface area contributed by atoms with Gasteiger partial charge in [0.05, 0.1) is 26.3 Å². The highest BCUT2D eigenvalue weighted by atomic mass is 32.2. The Labute approximate surface area is 186 Å². The molecule has 3 aromatic carbocycles. The Morgan fingerprint density at radius 2 is 1.81 bits per heavy atom. The van der Waals surface area contributed by atoms with Gasteiger partial charge in [-0.2, -0.15) is 0 Å². The van der Waals surface area contributed by atoms with Crippen LogP contribution in [0, 0.1) is 0 Å². The highest BCUT2D eigenvalue weighted by Crippen LogP contribution is 2.40. The molecule has 0 saturated heterocycles. The van der Waals surface area contributed by atoms with E-state index in [1.165, 1.54) is 41.3 Å². The number of hydrogen-bond acceptors (Lipinski definition) is 7. The van der Waals surface area contributed by atoms with E-state index in [1.54, 1.807) is 24.4 Å².